The lowest BCUT2D eigenvalue weighted by Crippen LogP contribution is -2.31. The summed E-state index contributed by atoms with van der Waals surface area (Å²) in [4.78, 5) is 30.0. The van der Waals surface area contributed by atoms with Gasteiger partial charge in [0.25, 0.3) is 21.7 Å². The molecule has 37 heavy (non-hydrogen) atoms. The first-order valence-corrected chi connectivity index (χ1v) is 13.7. The van der Waals surface area contributed by atoms with Crippen molar-refractivity contribution in [2.24, 2.45) is 0 Å². The van der Waals surface area contributed by atoms with Crippen LogP contribution in [-0.4, -0.2) is 37.0 Å². The van der Waals surface area contributed by atoms with Crippen molar-refractivity contribution in [3.8, 4) is 0 Å². The molecule has 1 fully saturated rings. The third kappa shape index (κ3) is 6.24. The van der Waals surface area contributed by atoms with Crippen LogP contribution >= 0.6 is 22.6 Å². The van der Waals surface area contributed by atoms with Gasteiger partial charge in [-0.3, -0.25) is 14.3 Å². The molecule has 0 aliphatic heterocycles. The summed E-state index contributed by atoms with van der Waals surface area (Å²) in [5, 5.41) is 5.73. The van der Waals surface area contributed by atoms with E-state index in [1.165, 1.54) is 37.5 Å². The maximum atomic E-state index is 15.1. The van der Waals surface area contributed by atoms with E-state index < -0.39 is 39.1 Å². The topological polar surface area (TPSA) is 134 Å². The first kappa shape index (κ1) is 26.9. The van der Waals surface area contributed by atoms with E-state index in [0.29, 0.717) is 3.57 Å². The van der Waals surface area contributed by atoms with Crippen LogP contribution in [0.2, 0.25) is 0 Å². The minimum atomic E-state index is -4.03. The number of aromatic nitrogens is 2. The molecule has 1 saturated carbocycles. The maximum Gasteiger partial charge on any atom is 0.300 e. The molecule has 2 heterocycles. The van der Waals surface area contributed by atoms with Crippen molar-refractivity contribution >= 4 is 55.9 Å². The second kappa shape index (κ2) is 10.7. The van der Waals surface area contributed by atoms with E-state index in [0.717, 1.165) is 24.5 Å². The van der Waals surface area contributed by atoms with Crippen molar-refractivity contribution < 1.29 is 22.0 Å². The van der Waals surface area contributed by atoms with Crippen LogP contribution in [0, 0.1) is 22.1 Å². The highest BCUT2D eigenvalue weighted by molar-refractivity contribution is 14.1. The molecule has 4 rings (SSSR count). The van der Waals surface area contributed by atoms with Crippen molar-refractivity contribution in [2.45, 2.75) is 32.4 Å². The number of carbonyl (C=O) groups excluding carboxylic acids is 1. The van der Waals surface area contributed by atoms with Crippen LogP contribution in [0.1, 0.15) is 34.3 Å². The Bertz CT molecular complexity index is 1540. The molecule has 3 aromatic rings. The molecule has 1 amide bonds. The van der Waals surface area contributed by atoms with Gasteiger partial charge in [0.15, 0.2) is 11.6 Å². The first-order chi connectivity index (χ1) is 17.5. The van der Waals surface area contributed by atoms with E-state index in [4.69, 9.17) is 0 Å². The summed E-state index contributed by atoms with van der Waals surface area (Å²) < 4.78 is 59.0. The van der Waals surface area contributed by atoms with Crippen LogP contribution in [0.25, 0.3) is 0 Å². The summed E-state index contributed by atoms with van der Waals surface area (Å²) in [5.74, 6) is -2.54. The van der Waals surface area contributed by atoms with Crippen LogP contribution in [0.5, 0.6) is 0 Å². The van der Waals surface area contributed by atoms with Gasteiger partial charge < -0.3 is 15.2 Å². The number of carbonyl (C=O) groups is 1. The Hall–Kier alpha value is -3.11. The molecule has 0 saturated heterocycles. The minimum absolute atomic E-state index is 0.0106. The number of pyridine rings is 2. The Morgan fingerprint density at radius 2 is 1.97 bits per heavy atom. The smallest absolute Gasteiger partial charge is 0.300 e. The lowest BCUT2D eigenvalue weighted by atomic mass is 10.1. The fourth-order valence-corrected chi connectivity index (χ4v) is 4.46. The molecule has 1 aliphatic carbocycles. The third-order valence-electron chi connectivity index (χ3n) is 5.67. The Morgan fingerprint density at radius 3 is 2.62 bits per heavy atom. The second-order valence-electron chi connectivity index (χ2n) is 8.42. The predicted octanol–water partition coefficient (Wildman–Crippen LogP) is 2.99. The quantitative estimate of drug-likeness (QED) is 0.265. The highest BCUT2D eigenvalue weighted by Crippen LogP contribution is 2.28. The molecule has 196 valence electrons. The van der Waals surface area contributed by atoms with E-state index in [-0.39, 0.29) is 40.7 Å². The third-order valence-corrected chi connectivity index (χ3v) is 7.34. The fraction of sp³-hybridized carbons (Fsp3) is 0.261. The number of halogens is 3. The molecular weight excluding hydrogens is 621 g/mol. The molecule has 0 atom stereocenters. The number of hydrogen-bond acceptors (Lipinski definition) is 6. The van der Waals surface area contributed by atoms with Gasteiger partial charge in [0.05, 0.1) is 23.5 Å². The van der Waals surface area contributed by atoms with Crippen LogP contribution in [0.4, 0.5) is 26.0 Å². The number of nitrogens with zero attached hydrogens (tertiary/aromatic N) is 2. The van der Waals surface area contributed by atoms with Crippen LogP contribution < -0.4 is 25.6 Å². The highest BCUT2D eigenvalue weighted by atomic mass is 127. The molecule has 1 aliphatic rings. The molecule has 0 bridgehead atoms. The Balaban J connectivity index is 1.76. The summed E-state index contributed by atoms with van der Waals surface area (Å²) in [6.07, 6.45) is 4.12. The SMILES string of the molecule is CNS(=O)(=O)Nc1nccc(Cn2cc(C(=O)NC3CC3)c(Nc3ccc(I)cc3F)c(C)c2=O)c1F. The molecule has 0 spiro atoms. The lowest BCUT2D eigenvalue weighted by Gasteiger charge is -2.18. The van der Waals surface area contributed by atoms with Crippen molar-refractivity contribution in [1.82, 2.24) is 19.6 Å². The Kier molecular flexibility index (Phi) is 7.80. The van der Waals surface area contributed by atoms with E-state index >= 15 is 4.39 Å². The second-order valence-corrected chi connectivity index (χ2v) is 11.3. The van der Waals surface area contributed by atoms with E-state index in [9.17, 15) is 22.4 Å². The number of anilines is 3. The van der Waals surface area contributed by atoms with Crippen molar-refractivity contribution in [3.63, 3.8) is 0 Å². The van der Waals surface area contributed by atoms with Crippen LogP contribution in [0.3, 0.4) is 0 Å². The van der Waals surface area contributed by atoms with Gasteiger partial charge in [-0.2, -0.15) is 8.42 Å². The first-order valence-electron chi connectivity index (χ1n) is 11.1. The predicted molar refractivity (Wildman–Crippen MR) is 143 cm³/mol. The molecule has 1 aromatic carbocycles. The maximum absolute atomic E-state index is 15.1. The zero-order chi connectivity index (χ0) is 26.9. The number of nitrogens with one attached hydrogen (secondary N) is 4. The monoisotopic (exact) mass is 644 g/mol. The Labute approximate surface area is 225 Å². The van der Waals surface area contributed by atoms with Gasteiger partial charge in [0.1, 0.15) is 5.82 Å². The standard InChI is InChI=1S/C23H23F2IN6O4S/c1-12-20(30-18-6-3-14(26)9-17(18)24)16(22(33)29-15-4-5-15)11-32(23(12)34)10-13-7-8-28-21(19(13)25)31-37(35,36)27-2/h3,6-9,11,15,27,30H,4-5,10H2,1-2H3,(H,28,31)(H,29,33). The minimum Gasteiger partial charge on any atom is -0.352 e. The molecule has 4 N–H and O–H groups in total. The summed E-state index contributed by atoms with van der Waals surface area (Å²) in [5.41, 5.74) is -0.173. The highest BCUT2D eigenvalue weighted by Gasteiger charge is 2.27. The van der Waals surface area contributed by atoms with Crippen LogP contribution in [-0.2, 0) is 16.8 Å². The van der Waals surface area contributed by atoms with E-state index in [1.54, 1.807) is 6.07 Å². The van der Waals surface area contributed by atoms with Gasteiger partial charge in [-0.15, -0.1) is 0 Å². The van der Waals surface area contributed by atoms with Gasteiger partial charge >= 0.3 is 0 Å². The average molecular weight is 644 g/mol. The summed E-state index contributed by atoms with van der Waals surface area (Å²) >= 11 is 1.97. The average Bonchev–Trinajstić information content (AvgIpc) is 3.66. The number of hydrogen-bond donors (Lipinski definition) is 4. The summed E-state index contributed by atoms with van der Waals surface area (Å²) in [7, 11) is -2.88. The van der Waals surface area contributed by atoms with Crippen LogP contribution in [0.15, 0.2) is 41.5 Å². The largest absolute Gasteiger partial charge is 0.352 e. The van der Waals surface area contributed by atoms with Crippen molar-refractivity contribution in [2.75, 3.05) is 17.1 Å². The number of amides is 1. The van der Waals surface area contributed by atoms with Gasteiger partial charge in [-0.1, -0.05) is 0 Å². The number of rotatable bonds is 9. The molecule has 0 radical (unpaired) electrons. The zero-order valence-corrected chi connectivity index (χ0v) is 22.7. The zero-order valence-electron chi connectivity index (χ0n) is 19.7. The summed E-state index contributed by atoms with van der Waals surface area (Å²) in [6, 6.07) is 5.81. The lowest BCUT2D eigenvalue weighted by molar-refractivity contribution is 0.0951. The molecule has 2 aromatic heterocycles. The van der Waals surface area contributed by atoms with Gasteiger partial charge in [-0.25, -0.2) is 18.5 Å². The summed E-state index contributed by atoms with van der Waals surface area (Å²) in [6.45, 7) is 1.17. The van der Waals surface area contributed by atoms with Gasteiger partial charge in [0.2, 0.25) is 0 Å². The molecule has 0 unspecified atom stereocenters. The van der Waals surface area contributed by atoms with E-state index in [1.807, 2.05) is 32.0 Å². The van der Waals surface area contributed by atoms with Crippen molar-refractivity contribution in [3.05, 3.63) is 78.9 Å². The molecule has 10 nitrogen and oxygen atoms in total. The Morgan fingerprint density at radius 1 is 1.24 bits per heavy atom. The molecular formula is C23H23F2IN6O4S. The van der Waals surface area contributed by atoms with Gasteiger partial charge in [0, 0.05) is 40.2 Å². The number of benzene rings is 1. The van der Waals surface area contributed by atoms with Crippen molar-refractivity contribution in [1.29, 1.82) is 0 Å². The fourth-order valence-electron chi connectivity index (χ4n) is 3.51. The normalized spacial score (nSPS) is 13.3. The van der Waals surface area contributed by atoms with E-state index in [2.05, 4.69) is 15.6 Å². The van der Waals surface area contributed by atoms with Gasteiger partial charge in [-0.05, 0) is 66.6 Å². The molecule has 14 heteroatoms.